The molecule has 0 fully saturated rings. The number of aromatic hydroxyl groups is 1. The van der Waals surface area contributed by atoms with Gasteiger partial charge in [0.1, 0.15) is 5.82 Å². The lowest BCUT2D eigenvalue weighted by Gasteiger charge is -2.08. The van der Waals surface area contributed by atoms with Gasteiger partial charge in [-0.15, -0.1) is 0 Å². The topological polar surface area (TPSA) is 104 Å². The van der Waals surface area contributed by atoms with Crippen molar-refractivity contribution in [3.05, 3.63) is 58.4 Å². The number of amides is 1. The van der Waals surface area contributed by atoms with Crippen LogP contribution in [0, 0.1) is 0 Å². The molecule has 0 aliphatic rings. The maximum atomic E-state index is 12.6. The first-order valence-corrected chi connectivity index (χ1v) is 8.78. The molecule has 3 rings (SSSR count). The van der Waals surface area contributed by atoms with Crippen LogP contribution >= 0.6 is 0 Å². The van der Waals surface area contributed by atoms with Crippen LogP contribution in [0.15, 0.2) is 47.3 Å². The summed E-state index contributed by atoms with van der Waals surface area (Å²) < 4.78 is 5.12. The third kappa shape index (κ3) is 4.03. The van der Waals surface area contributed by atoms with E-state index in [1.54, 1.807) is 36.4 Å². The Morgan fingerprint density at radius 1 is 1.29 bits per heavy atom. The van der Waals surface area contributed by atoms with E-state index in [1.165, 1.54) is 19.3 Å². The van der Waals surface area contributed by atoms with Crippen LogP contribution in [0.5, 0.6) is 11.5 Å². The van der Waals surface area contributed by atoms with Crippen molar-refractivity contribution in [3.8, 4) is 22.9 Å². The Morgan fingerprint density at radius 2 is 2.07 bits per heavy atom. The minimum absolute atomic E-state index is 0.00540. The summed E-state index contributed by atoms with van der Waals surface area (Å²) in [7, 11) is 1.44. The number of methoxy groups -OCH3 is 1. The minimum Gasteiger partial charge on any atom is -0.504 e. The van der Waals surface area contributed by atoms with E-state index in [4.69, 9.17) is 4.74 Å². The summed E-state index contributed by atoms with van der Waals surface area (Å²) in [6.07, 6.45) is 3.05. The first-order chi connectivity index (χ1) is 13.4. The molecule has 28 heavy (non-hydrogen) atoms. The molecule has 1 aromatic heterocycles. The van der Waals surface area contributed by atoms with Crippen molar-refractivity contribution in [2.75, 3.05) is 7.11 Å². The van der Waals surface area contributed by atoms with E-state index in [1.807, 2.05) is 13.8 Å². The number of hydrogen-bond donors (Lipinski definition) is 3. The summed E-state index contributed by atoms with van der Waals surface area (Å²) in [5.74, 6) is 0.386. The number of ether oxygens (including phenoxy) is 1. The molecular formula is C21H21N3O4. The van der Waals surface area contributed by atoms with Gasteiger partial charge in [-0.05, 0) is 44.2 Å². The molecule has 0 saturated heterocycles. The zero-order valence-electron chi connectivity index (χ0n) is 15.8. The molecule has 7 nitrogen and oxygen atoms in total. The van der Waals surface area contributed by atoms with Crippen LogP contribution in [0.4, 0.5) is 0 Å². The van der Waals surface area contributed by atoms with Crippen molar-refractivity contribution in [1.82, 2.24) is 15.3 Å². The van der Waals surface area contributed by atoms with Crippen LogP contribution < -0.4 is 15.6 Å². The fourth-order valence-corrected chi connectivity index (χ4v) is 2.78. The van der Waals surface area contributed by atoms with Crippen molar-refractivity contribution in [2.24, 2.45) is 0 Å². The molecule has 0 bridgehead atoms. The zero-order valence-corrected chi connectivity index (χ0v) is 15.8. The number of hydrogen-bond acceptors (Lipinski definition) is 5. The van der Waals surface area contributed by atoms with Gasteiger partial charge in [0, 0.05) is 23.2 Å². The van der Waals surface area contributed by atoms with Gasteiger partial charge in [-0.3, -0.25) is 9.59 Å². The maximum Gasteiger partial charge on any atom is 0.259 e. The van der Waals surface area contributed by atoms with Gasteiger partial charge in [-0.2, -0.15) is 0 Å². The van der Waals surface area contributed by atoms with Gasteiger partial charge in [0.25, 0.3) is 5.56 Å². The number of fused-ring (bicyclic) bond motifs is 1. The summed E-state index contributed by atoms with van der Waals surface area (Å²) in [5.41, 5.74) is 1.41. The highest BCUT2D eigenvalue weighted by molar-refractivity contribution is 5.95. The molecule has 2 aromatic carbocycles. The highest BCUT2D eigenvalue weighted by Gasteiger charge is 2.11. The summed E-state index contributed by atoms with van der Waals surface area (Å²) in [4.78, 5) is 31.8. The van der Waals surface area contributed by atoms with E-state index in [9.17, 15) is 14.7 Å². The van der Waals surface area contributed by atoms with Gasteiger partial charge in [0.15, 0.2) is 11.5 Å². The van der Waals surface area contributed by atoms with Crippen molar-refractivity contribution < 1.29 is 14.6 Å². The number of phenolic OH excluding ortho intramolecular Hbond substituents is 1. The lowest BCUT2D eigenvalue weighted by atomic mass is 10.1. The second-order valence-electron chi connectivity index (χ2n) is 6.54. The van der Waals surface area contributed by atoms with Crippen LogP contribution in [0.3, 0.4) is 0 Å². The highest BCUT2D eigenvalue weighted by Crippen LogP contribution is 2.30. The smallest absolute Gasteiger partial charge is 0.259 e. The number of benzene rings is 2. The molecule has 0 unspecified atom stereocenters. The lowest BCUT2D eigenvalue weighted by Crippen LogP contribution is -2.28. The normalized spacial score (nSPS) is 11.3. The van der Waals surface area contributed by atoms with Crippen LogP contribution in [0.25, 0.3) is 28.4 Å². The highest BCUT2D eigenvalue weighted by atomic mass is 16.5. The number of nitrogens with zero attached hydrogens (tertiary/aromatic N) is 1. The predicted octanol–water partition coefficient (Wildman–Crippen LogP) is 2.84. The van der Waals surface area contributed by atoms with Crippen LogP contribution in [-0.4, -0.2) is 34.1 Å². The molecule has 3 N–H and O–H groups in total. The quantitative estimate of drug-likeness (QED) is 0.591. The fourth-order valence-electron chi connectivity index (χ4n) is 2.78. The van der Waals surface area contributed by atoms with Gasteiger partial charge >= 0.3 is 0 Å². The average molecular weight is 379 g/mol. The van der Waals surface area contributed by atoms with Crippen molar-refractivity contribution in [1.29, 1.82) is 0 Å². The van der Waals surface area contributed by atoms with Gasteiger partial charge in [-0.1, -0.05) is 12.1 Å². The summed E-state index contributed by atoms with van der Waals surface area (Å²) in [5, 5.41) is 13.0. The largest absolute Gasteiger partial charge is 0.504 e. The molecule has 1 amide bonds. The summed E-state index contributed by atoms with van der Waals surface area (Å²) >= 11 is 0. The third-order valence-electron chi connectivity index (χ3n) is 4.07. The molecule has 0 radical (unpaired) electrons. The number of phenols is 1. The third-order valence-corrected chi connectivity index (χ3v) is 4.07. The second-order valence-corrected chi connectivity index (χ2v) is 6.54. The van der Waals surface area contributed by atoms with Gasteiger partial charge in [0.2, 0.25) is 5.91 Å². The Morgan fingerprint density at radius 3 is 2.79 bits per heavy atom. The monoisotopic (exact) mass is 379 g/mol. The number of rotatable bonds is 5. The van der Waals surface area contributed by atoms with E-state index in [-0.39, 0.29) is 29.0 Å². The molecule has 0 spiro atoms. The maximum absolute atomic E-state index is 12.6. The van der Waals surface area contributed by atoms with Crippen LogP contribution in [0.1, 0.15) is 19.4 Å². The molecule has 0 saturated carbocycles. The van der Waals surface area contributed by atoms with E-state index in [0.29, 0.717) is 27.9 Å². The molecule has 0 aliphatic carbocycles. The van der Waals surface area contributed by atoms with E-state index in [0.717, 1.165) is 0 Å². The number of aromatic amines is 1. The fraction of sp³-hybridized carbons (Fsp3) is 0.190. The van der Waals surface area contributed by atoms with E-state index >= 15 is 0 Å². The zero-order chi connectivity index (χ0) is 20.3. The molecule has 7 heteroatoms. The number of para-hydroxylation sites is 1. The Balaban J connectivity index is 2.10. The molecule has 0 atom stereocenters. The van der Waals surface area contributed by atoms with E-state index < -0.39 is 0 Å². The minimum atomic E-state index is -0.297. The number of H-pyrrole nitrogens is 1. The second kappa shape index (κ2) is 7.96. The van der Waals surface area contributed by atoms with Crippen molar-refractivity contribution >= 4 is 22.9 Å². The summed E-state index contributed by atoms with van der Waals surface area (Å²) in [6.45, 7) is 3.76. The molecule has 1 heterocycles. The summed E-state index contributed by atoms with van der Waals surface area (Å²) in [6, 6.07) is 9.93. The first kappa shape index (κ1) is 19.2. The number of nitrogens with one attached hydrogen (secondary N) is 2. The Labute approximate surface area is 161 Å². The Bertz CT molecular complexity index is 1120. The number of aromatic nitrogens is 2. The molecule has 3 aromatic rings. The average Bonchev–Trinajstić information content (AvgIpc) is 2.66. The molecule has 144 valence electrons. The standard InChI is InChI=1S/C21H21N3O4/c1-12(2)22-18(26)10-8-13-5-4-6-15-19(13)23-20(24-21(15)27)14-7-9-16(25)17(11-14)28-3/h4-12,25H,1-3H3,(H,22,26)(H,23,24,27)/b10-8+. The van der Waals surface area contributed by atoms with Gasteiger partial charge in [0.05, 0.1) is 18.0 Å². The molecule has 0 aliphatic heterocycles. The van der Waals surface area contributed by atoms with Crippen LogP contribution in [0.2, 0.25) is 0 Å². The van der Waals surface area contributed by atoms with Crippen LogP contribution in [-0.2, 0) is 4.79 Å². The lowest BCUT2D eigenvalue weighted by molar-refractivity contribution is -0.116. The number of carbonyl (C=O) groups is 1. The Kier molecular flexibility index (Phi) is 5.44. The SMILES string of the molecule is COc1cc(-c2nc3c(/C=C/C(=O)NC(C)C)cccc3c(=O)[nH]2)ccc1O. The predicted molar refractivity (Wildman–Crippen MR) is 108 cm³/mol. The van der Waals surface area contributed by atoms with Crippen molar-refractivity contribution in [2.45, 2.75) is 19.9 Å². The van der Waals surface area contributed by atoms with Gasteiger partial charge in [-0.25, -0.2) is 4.98 Å². The number of carbonyl (C=O) groups excluding carboxylic acids is 1. The first-order valence-electron chi connectivity index (χ1n) is 8.78. The van der Waals surface area contributed by atoms with Crippen molar-refractivity contribution in [3.63, 3.8) is 0 Å². The Hall–Kier alpha value is -3.61. The molecular weight excluding hydrogens is 358 g/mol. The van der Waals surface area contributed by atoms with Gasteiger partial charge < -0.3 is 20.1 Å². The van der Waals surface area contributed by atoms with E-state index in [2.05, 4.69) is 15.3 Å².